The predicted octanol–water partition coefficient (Wildman–Crippen LogP) is 1.73. The van der Waals surface area contributed by atoms with Crippen molar-refractivity contribution < 1.29 is 23.1 Å². The van der Waals surface area contributed by atoms with Crippen LogP contribution in [-0.2, 0) is 6.54 Å². The van der Waals surface area contributed by atoms with E-state index in [-0.39, 0.29) is 23.6 Å². The Labute approximate surface area is 151 Å². The molecule has 3 rings (SSSR count). The molecule has 0 saturated heterocycles. The number of fused-ring (bicyclic) bond motifs is 1. The smallest absolute Gasteiger partial charge is 0.405 e. The van der Waals surface area contributed by atoms with E-state index in [1.54, 1.807) is 25.1 Å². The second-order valence-corrected chi connectivity index (χ2v) is 5.87. The minimum atomic E-state index is -4.40. The van der Waals surface area contributed by atoms with E-state index in [0.29, 0.717) is 28.0 Å². The number of aromatic carboxylic acids is 1. The lowest BCUT2D eigenvalue weighted by molar-refractivity contribution is -0.255. The van der Waals surface area contributed by atoms with E-state index in [1.165, 1.54) is 6.07 Å². The molecule has 2 aromatic heterocycles. The summed E-state index contributed by atoms with van der Waals surface area (Å²) in [5.41, 5.74) is 7.72. The summed E-state index contributed by atoms with van der Waals surface area (Å²) in [6.45, 7) is 0.259. The quantitative estimate of drug-likeness (QED) is 0.622. The number of hydrogen-bond acceptors (Lipinski definition) is 6. The summed E-state index contributed by atoms with van der Waals surface area (Å²) in [7, 11) is 0. The lowest BCUT2D eigenvalue weighted by Crippen LogP contribution is -2.23. The third kappa shape index (κ3) is 3.85. The molecule has 2 heterocycles. The van der Waals surface area contributed by atoms with Gasteiger partial charge in [0.2, 0.25) is 0 Å². The summed E-state index contributed by atoms with van der Waals surface area (Å²) in [4.78, 5) is 22.7. The van der Waals surface area contributed by atoms with Gasteiger partial charge in [-0.15, -0.1) is 0 Å². The molecular weight excluding hydrogens is 363 g/mol. The van der Waals surface area contributed by atoms with Crippen molar-refractivity contribution in [3.05, 3.63) is 41.2 Å². The minimum Gasteiger partial charge on any atom is -0.545 e. The maximum Gasteiger partial charge on any atom is 0.405 e. The number of carboxylic acids is 1. The Kier molecular flexibility index (Phi) is 4.75. The molecule has 4 N–H and O–H groups in total. The Morgan fingerprint density at radius 3 is 2.67 bits per heavy atom. The highest BCUT2D eigenvalue weighted by Gasteiger charge is 2.27. The molecular formula is C17H15F3N5O2-. The molecule has 0 unspecified atom stereocenters. The third-order valence-electron chi connectivity index (χ3n) is 3.94. The monoisotopic (exact) mass is 378 g/mol. The number of nitrogens with two attached hydrogens (primary N) is 1. The zero-order valence-electron chi connectivity index (χ0n) is 14.1. The highest BCUT2D eigenvalue weighted by molar-refractivity contribution is 5.95. The molecule has 0 aliphatic carbocycles. The van der Waals surface area contributed by atoms with Crippen LogP contribution in [0.2, 0.25) is 0 Å². The van der Waals surface area contributed by atoms with Gasteiger partial charge in [0.05, 0.1) is 17.2 Å². The van der Waals surface area contributed by atoms with Crippen LogP contribution in [0.5, 0.6) is 0 Å². The molecule has 0 aliphatic heterocycles. The van der Waals surface area contributed by atoms with Crippen molar-refractivity contribution >= 4 is 22.8 Å². The molecule has 27 heavy (non-hydrogen) atoms. The average Bonchev–Trinajstić information content (AvgIpc) is 3.03. The standard InChI is InChI=1S/C17H16F3N5O2/c1-8-15(22-7-17(18,19)20)25-14-9(3-2-4-11(14)23-8)12-5-10(16(26)27)13(6-21)24-12/h2-5,24H,6-7,21H2,1H3,(H,22,25)(H,26,27)/p-1. The molecule has 0 bridgehead atoms. The van der Waals surface area contributed by atoms with Gasteiger partial charge in [0, 0.05) is 29.1 Å². The summed E-state index contributed by atoms with van der Waals surface area (Å²) in [5.74, 6) is -1.38. The number of para-hydroxylation sites is 1. The van der Waals surface area contributed by atoms with Crippen LogP contribution in [0.25, 0.3) is 22.3 Å². The number of rotatable bonds is 5. The van der Waals surface area contributed by atoms with E-state index in [2.05, 4.69) is 20.3 Å². The Balaban J connectivity index is 2.12. The van der Waals surface area contributed by atoms with Gasteiger partial charge in [-0.05, 0) is 19.1 Å². The van der Waals surface area contributed by atoms with Gasteiger partial charge in [-0.3, -0.25) is 0 Å². The molecule has 0 amide bonds. The van der Waals surface area contributed by atoms with Gasteiger partial charge in [-0.25, -0.2) is 9.97 Å². The molecule has 7 nitrogen and oxygen atoms in total. The van der Waals surface area contributed by atoms with Gasteiger partial charge < -0.3 is 25.9 Å². The van der Waals surface area contributed by atoms with Crippen LogP contribution in [0.4, 0.5) is 19.0 Å². The number of carbonyl (C=O) groups is 1. The molecule has 0 atom stereocenters. The molecule has 0 fully saturated rings. The number of anilines is 1. The number of aryl methyl sites for hydroxylation is 1. The zero-order chi connectivity index (χ0) is 19.8. The summed E-state index contributed by atoms with van der Waals surface area (Å²) in [5, 5.41) is 13.5. The first kappa shape index (κ1) is 18.6. The summed E-state index contributed by atoms with van der Waals surface area (Å²) in [6.07, 6.45) is -4.40. The Morgan fingerprint density at radius 2 is 2.07 bits per heavy atom. The van der Waals surface area contributed by atoms with Gasteiger partial charge in [0.1, 0.15) is 17.9 Å². The lowest BCUT2D eigenvalue weighted by atomic mass is 10.1. The number of nitrogens with zero attached hydrogens (tertiary/aromatic N) is 2. The number of aromatic amines is 1. The van der Waals surface area contributed by atoms with E-state index in [1.807, 2.05) is 0 Å². The van der Waals surface area contributed by atoms with Gasteiger partial charge >= 0.3 is 6.18 Å². The molecule has 0 saturated carbocycles. The third-order valence-corrected chi connectivity index (χ3v) is 3.94. The molecule has 142 valence electrons. The van der Waals surface area contributed by atoms with Crippen LogP contribution in [0, 0.1) is 6.92 Å². The number of hydrogen-bond donors (Lipinski definition) is 3. The first-order valence-electron chi connectivity index (χ1n) is 7.91. The minimum absolute atomic E-state index is 0.00185. The molecule has 0 spiro atoms. The fraction of sp³-hybridized carbons (Fsp3) is 0.235. The fourth-order valence-electron chi connectivity index (χ4n) is 2.72. The van der Waals surface area contributed by atoms with E-state index >= 15 is 0 Å². The van der Waals surface area contributed by atoms with Crippen LogP contribution < -0.4 is 16.2 Å². The van der Waals surface area contributed by atoms with Crippen molar-refractivity contribution in [3.8, 4) is 11.3 Å². The summed E-state index contributed by atoms with van der Waals surface area (Å²) < 4.78 is 37.5. The van der Waals surface area contributed by atoms with E-state index in [9.17, 15) is 23.1 Å². The number of carboxylic acid groups (broad SMARTS) is 1. The van der Waals surface area contributed by atoms with Crippen LogP contribution in [0.15, 0.2) is 24.3 Å². The number of benzene rings is 1. The van der Waals surface area contributed by atoms with Gasteiger partial charge in [0.25, 0.3) is 0 Å². The fourth-order valence-corrected chi connectivity index (χ4v) is 2.72. The Bertz CT molecular complexity index is 1010. The maximum absolute atomic E-state index is 12.5. The van der Waals surface area contributed by atoms with Crippen molar-refractivity contribution in [1.29, 1.82) is 0 Å². The predicted molar refractivity (Wildman–Crippen MR) is 90.8 cm³/mol. The molecule has 10 heteroatoms. The zero-order valence-corrected chi connectivity index (χ0v) is 14.1. The summed E-state index contributed by atoms with van der Waals surface area (Å²) in [6, 6.07) is 6.37. The van der Waals surface area contributed by atoms with Gasteiger partial charge in [-0.2, -0.15) is 13.2 Å². The van der Waals surface area contributed by atoms with Crippen molar-refractivity contribution in [2.75, 3.05) is 11.9 Å². The molecule has 3 aromatic rings. The highest BCUT2D eigenvalue weighted by atomic mass is 19.4. The second kappa shape index (κ2) is 6.88. The van der Waals surface area contributed by atoms with Crippen molar-refractivity contribution in [2.45, 2.75) is 19.6 Å². The molecule has 0 aliphatic rings. The van der Waals surface area contributed by atoms with E-state index in [4.69, 9.17) is 5.73 Å². The Hall–Kier alpha value is -3.14. The van der Waals surface area contributed by atoms with Crippen LogP contribution in [0.3, 0.4) is 0 Å². The number of carbonyl (C=O) groups excluding carboxylic acids is 1. The SMILES string of the molecule is Cc1nc2cccc(-c3cc(C(=O)[O-])c(CN)[nH]3)c2nc1NCC(F)(F)F. The lowest BCUT2D eigenvalue weighted by Gasteiger charge is -2.12. The maximum atomic E-state index is 12.5. The molecule has 0 radical (unpaired) electrons. The van der Waals surface area contributed by atoms with E-state index < -0.39 is 18.7 Å². The van der Waals surface area contributed by atoms with Crippen molar-refractivity contribution in [3.63, 3.8) is 0 Å². The second-order valence-electron chi connectivity index (χ2n) is 5.87. The molecule has 1 aromatic carbocycles. The first-order valence-corrected chi connectivity index (χ1v) is 7.91. The normalized spacial score (nSPS) is 11.7. The first-order chi connectivity index (χ1) is 12.7. The Morgan fingerprint density at radius 1 is 1.33 bits per heavy atom. The van der Waals surface area contributed by atoms with Crippen molar-refractivity contribution in [2.24, 2.45) is 5.73 Å². The number of H-pyrrole nitrogens is 1. The summed E-state index contributed by atoms with van der Waals surface area (Å²) >= 11 is 0. The average molecular weight is 378 g/mol. The number of halogens is 3. The topological polar surface area (TPSA) is 120 Å². The van der Waals surface area contributed by atoms with Crippen LogP contribution in [-0.4, -0.2) is 33.6 Å². The van der Waals surface area contributed by atoms with Crippen molar-refractivity contribution in [1.82, 2.24) is 15.0 Å². The largest absolute Gasteiger partial charge is 0.545 e. The number of alkyl halides is 3. The van der Waals surface area contributed by atoms with E-state index in [0.717, 1.165) is 0 Å². The van der Waals surface area contributed by atoms with Gasteiger partial charge in [0.15, 0.2) is 0 Å². The highest BCUT2D eigenvalue weighted by Crippen LogP contribution is 2.29. The van der Waals surface area contributed by atoms with Crippen LogP contribution >= 0.6 is 0 Å². The number of aromatic nitrogens is 3. The number of nitrogens with one attached hydrogen (secondary N) is 2. The van der Waals surface area contributed by atoms with Crippen LogP contribution in [0.1, 0.15) is 21.7 Å². The van der Waals surface area contributed by atoms with Gasteiger partial charge in [-0.1, -0.05) is 12.1 Å².